The highest BCUT2D eigenvalue weighted by molar-refractivity contribution is 6.30. The maximum absolute atomic E-state index is 15.4. The first-order valence-corrected chi connectivity index (χ1v) is 10.2. The molecule has 4 aromatic rings. The lowest BCUT2D eigenvalue weighted by Crippen LogP contribution is -2.31. The van der Waals surface area contributed by atoms with Gasteiger partial charge in [-0.25, -0.2) is 19.3 Å². The fraction of sp³-hybridized carbons (Fsp3) is 0. The highest BCUT2D eigenvalue weighted by Gasteiger charge is 2.29. The molecule has 0 radical (unpaired) electrons. The third kappa shape index (κ3) is 4.52. The Kier molecular flexibility index (Phi) is 6.42. The average Bonchev–Trinajstić information content (AvgIpc) is 2.86. The van der Waals surface area contributed by atoms with Crippen molar-refractivity contribution < 1.29 is 18.8 Å². The average molecular weight is 493 g/mol. The molecule has 0 aliphatic rings. The van der Waals surface area contributed by atoms with Gasteiger partial charge in [-0.3, -0.25) is 28.6 Å². The Labute approximate surface area is 201 Å². The summed E-state index contributed by atoms with van der Waals surface area (Å²) in [5, 5.41) is 0.267. The van der Waals surface area contributed by atoms with Gasteiger partial charge in [0.05, 0.1) is 22.0 Å². The smallest absolute Gasteiger partial charge is 0.285 e. The summed E-state index contributed by atoms with van der Waals surface area (Å²) in [5.41, 5.74) is 3.57. The summed E-state index contributed by atoms with van der Waals surface area (Å²) >= 11 is 5.90. The second-order valence-corrected chi connectivity index (χ2v) is 7.42. The van der Waals surface area contributed by atoms with E-state index in [2.05, 4.69) is 15.0 Å². The molecule has 3 aromatic heterocycles. The molecule has 0 unspecified atom stereocenters. The first-order chi connectivity index (χ1) is 16.8. The number of nitrogens with two attached hydrogens (primary N) is 1. The van der Waals surface area contributed by atoms with Crippen LogP contribution in [0.4, 0.5) is 15.9 Å². The van der Waals surface area contributed by atoms with E-state index < -0.39 is 34.6 Å². The van der Waals surface area contributed by atoms with Crippen LogP contribution in [0.3, 0.4) is 0 Å². The van der Waals surface area contributed by atoms with Gasteiger partial charge < -0.3 is 5.73 Å². The van der Waals surface area contributed by atoms with E-state index in [0.717, 1.165) is 15.5 Å². The molecule has 2 N–H and O–H groups in total. The Balaban J connectivity index is 1.87. The topological polar surface area (TPSA) is 141 Å². The number of aldehydes is 1. The molecular weight excluding hydrogens is 479 g/mol. The van der Waals surface area contributed by atoms with Crippen molar-refractivity contribution in [2.24, 2.45) is 5.73 Å². The molecule has 10 nitrogen and oxygen atoms in total. The minimum absolute atomic E-state index is 0.0350. The first-order valence-electron chi connectivity index (χ1n) is 9.85. The van der Waals surface area contributed by atoms with E-state index in [1.54, 1.807) is 0 Å². The number of carbonyl (C=O) groups excluding carboxylic acids is 3. The van der Waals surface area contributed by atoms with Crippen molar-refractivity contribution in [3.63, 3.8) is 0 Å². The third-order valence-corrected chi connectivity index (χ3v) is 5.06. The maximum atomic E-state index is 15.4. The third-order valence-electron chi connectivity index (χ3n) is 4.83. The summed E-state index contributed by atoms with van der Waals surface area (Å²) in [4.78, 5) is 61.5. The second-order valence-electron chi connectivity index (χ2n) is 6.99. The summed E-state index contributed by atoms with van der Waals surface area (Å²) in [7, 11) is 0. The van der Waals surface area contributed by atoms with Crippen molar-refractivity contribution >= 4 is 41.2 Å². The molecular formula is C23H14ClFN6O4. The lowest BCUT2D eigenvalue weighted by atomic mass is 10.2. The molecule has 0 fully saturated rings. The van der Waals surface area contributed by atoms with Gasteiger partial charge in [-0.2, -0.15) is 0 Å². The van der Waals surface area contributed by atoms with Gasteiger partial charge in [0.25, 0.3) is 17.4 Å². The number of primary amides is 1. The molecule has 0 spiro atoms. The second kappa shape index (κ2) is 9.61. The fourth-order valence-corrected chi connectivity index (χ4v) is 3.36. The first kappa shape index (κ1) is 23.4. The fourth-order valence-electron chi connectivity index (χ4n) is 3.25. The van der Waals surface area contributed by atoms with Crippen LogP contribution in [0.1, 0.15) is 31.3 Å². The van der Waals surface area contributed by atoms with Gasteiger partial charge in [0, 0.05) is 30.9 Å². The van der Waals surface area contributed by atoms with E-state index in [1.165, 1.54) is 61.2 Å². The van der Waals surface area contributed by atoms with E-state index in [4.69, 9.17) is 17.3 Å². The van der Waals surface area contributed by atoms with E-state index >= 15 is 4.39 Å². The van der Waals surface area contributed by atoms with Gasteiger partial charge in [-0.15, -0.1) is 0 Å². The number of anilines is 2. The van der Waals surface area contributed by atoms with Crippen LogP contribution in [0.2, 0.25) is 5.02 Å². The standard InChI is InChI=1S/C23H14ClFN6O4/c24-14-3-6-18(29-11-14)31(23(35)20-19(21(26)33)27-7-8-28-20)17-5-4-15(10-16(17)25)30-9-1-2-13(12-32)22(30)34/h1-12H,(H2,26,33). The Hall–Kier alpha value is -4.77. The Morgan fingerprint density at radius 3 is 2.43 bits per heavy atom. The van der Waals surface area contributed by atoms with Crippen molar-refractivity contribution in [2.75, 3.05) is 4.90 Å². The number of nitrogens with zero attached hydrogens (tertiary/aromatic N) is 5. The number of pyridine rings is 2. The molecule has 2 amide bonds. The molecule has 0 aliphatic carbocycles. The van der Waals surface area contributed by atoms with Crippen LogP contribution in [0, 0.1) is 5.82 Å². The van der Waals surface area contributed by atoms with Crippen LogP contribution in [0.5, 0.6) is 0 Å². The van der Waals surface area contributed by atoms with Gasteiger partial charge in [-0.05, 0) is 36.4 Å². The zero-order valence-electron chi connectivity index (χ0n) is 17.6. The Bertz CT molecular complexity index is 1520. The lowest BCUT2D eigenvalue weighted by molar-refractivity contribution is 0.0958. The molecule has 0 bridgehead atoms. The number of carbonyl (C=O) groups is 3. The van der Waals surface area contributed by atoms with E-state index in [1.807, 2.05) is 0 Å². The Morgan fingerprint density at radius 2 is 1.80 bits per heavy atom. The summed E-state index contributed by atoms with van der Waals surface area (Å²) in [6.45, 7) is 0. The van der Waals surface area contributed by atoms with Gasteiger partial charge in [-0.1, -0.05) is 11.6 Å². The van der Waals surface area contributed by atoms with Crippen molar-refractivity contribution in [3.05, 3.63) is 105 Å². The number of aromatic nitrogens is 4. The summed E-state index contributed by atoms with van der Waals surface area (Å²) < 4.78 is 16.5. The SMILES string of the molecule is NC(=O)c1nccnc1C(=O)N(c1ccc(Cl)cn1)c1ccc(-n2cccc(C=O)c2=O)cc1F. The number of hydrogen-bond donors (Lipinski definition) is 1. The van der Waals surface area contributed by atoms with Gasteiger partial charge in [0.15, 0.2) is 17.7 Å². The normalized spacial score (nSPS) is 10.6. The van der Waals surface area contributed by atoms with Crippen LogP contribution in [-0.2, 0) is 0 Å². The minimum Gasteiger partial charge on any atom is -0.364 e. The van der Waals surface area contributed by atoms with Crippen molar-refractivity contribution in [2.45, 2.75) is 0 Å². The molecule has 1 aromatic carbocycles. The van der Waals surface area contributed by atoms with Crippen molar-refractivity contribution in [1.29, 1.82) is 0 Å². The van der Waals surface area contributed by atoms with E-state index in [9.17, 15) is 19.2 Å². The predicted molar refractivity (Wildman–Crippen MR) is 124 cm³/mol. The number of rotatable bonds is 6. The van der Waals surface area contributed by atoms with Gasteiger partial charge >= 0.3 is 0 Å². The predicted octanol–water partition coefficient (Wildman–Crippen LogP) is 2.70. The molecule has 174 valence electrons. The quantitative estimate of drug-likeness (QED) is 0.408. The number of amides is 2. The number of benzene rings is 1. The molecule has 12 heteroatoms. The summed E-state index contributed by atoms with van der Waals surface area (Å²) in [6, 6.07) is 9.21. The highest BCUT2D eigenvalue weighted by Crippen LogP contribution is 2.30. The molecule has 0 aliphatic heterocycles. The van der Waals surface area contributed by atoms with Crippen LogP contribution in [-0.4, -0.2) is 37.6 Å². The van der Waals surface area contributed by atoms with Crippen LogP contribution in [0.25, 0.3) is 5.69 Å². The van der Waals surface area contributed by atoms with Gasteiger partial charge in [0.1, 0.15) is 11.6 Å². The summed E-state index contributed by atoms with van der Waals surface area (Å²) in [6.07, 6.45) is 5.38. The Morgan fingerprint density at radius 1 is 1.06 bits per heavy atom. The molecule has 0 saturated carbocycles. The maximum Gasteiger partial charge on any atom is 0.285 e. The minimum atomic E-state index is -1.00. The van der Waals surface area contributed by atoms with E-state index in [-0.39, 0.29) is 27.8 Å². The van der Waals surface area contributed by atoms with Crippen LogP contribution in [0.15, 0.2) is 72.0 Å². The number of halogens is 2. The highest BCUT2D eigenvalue weighted by atomic mass is 35.5. The zero-order chi connectivity index (χ0) is 25.1. The lowest BCUT2D eigenvalue weighted by Gasteiger charge is -2.23. The molecule has 0 atom stereocenters. The van der Waals surface area contributed by atoms with E-state index in [0.29, 0.717) is 6.29 Å². The van der Waals surface area contributed by atoms with Crippen molar-refractivity contribution in [3.8, 4) is 5.69 Å². The number of hydrogen-bond acceptors (Lipinski definition) is 7. The summed E-state index contributed by atoms with van der Waals surface area (Å²) in [5.74, 6) is -2.89. The van der Waals surface area contributed by atoms with Crippen LogP contribution < -0.4 is 16.2 Å². The monoisotopic (exact) mass is 492 g/mol. The molecule has 3 heterocycles. The zero-order valence-corrected chi connectivity index (χ0v) is 18.4. The van der Waals surface area contributed by atoms with Crippen LogP contribution >= 0.6 is 11.6 Å². The largest absolute Gasteiger partial charge is 0.364 e. The molecule has 35 heavy (non-hydrogen) atoms. The van der Waals surface area contributed by atoms with Crippen molar-refractivity contribution in [1.82, 2.24) is 19.5 Å². The molecule has 0 saturated heterocycles. The van der Waals surface area contributed by atoms with Gasteiger partial charge in [0.2, 0.25) is 0 Å². The molecule has 4 rings (SSSR count).